The normalized spacial score (nSPS) is 11.6. The number of nitrogens with zero attached hydrogens (tertiary/aromatic N) is 6. The Labute approximate surface area is 252 Å². The summed E-state index contributed by atoms with van der Waals surface area (Å²) in [6.45, 7) is 0. The zero-order chi connectivity index (χ0) is 29.0. The van der Waals surface area contributed by atoms with Crippen molar-refractivity contribution in [2.75, 3.05) is 0 Å². The van der Waals surface area contributed by atoms with Crippen LogP contribution in [0.5, 0.6) is 0 Å². The molecule has 0 saturated carbocycles. The van der Waals surface area contributed by atoms with Crippen LogP contribution in [0.4, 0.5) is 0 Å². The first-order valence-corrected chi connectivity index (χ1v) is 14.6. The van der Waals surface area contributed by atoms with E-state index in [0.717, 1.165) is 55.0 Å². The lowest BCUT2D eigenvalue weighted by molar-refractivity contribution is 0.989. The molecule has 0 radical (unpaired) electrons. The Morgan fingerprint density at radius 2 is 0.659 bits per heavy atom. The molecule has 0 aliphatic heterocycles. The van der Waals surface area contributed by atoms with Crippen molar-refractivity contribution in [3.05, 3.63) is 146 Å². The summed E-state index contributed by atoms with van der Waals surface area (Å²) in [7, 11) is 0. The minimum Gasteiger partial charge on any atom is -0.292 e. The second-order valence-electron chi connectivity index (χ2n) is 10.7. The fourth-order valence-electron chi connectivity index (χ4n) is 6.38. The standard InChI is InChI=1S/C38H24N6/c1-5-19-31-25(13-1)26-14-2-6-20-32(26)43(31)37-35(29-17-9-11-23-39-29)42-38(36(41-37)30-18-10-12-24-40-30)44-33-21-7-3-15-27(33)28-16-4-8-22-34(28)44/h1-24H. The number of rotatable bonds is 4. The van der Waals surface area contributed by atoms with E-state index in [0.29, 0.717) is 23.0 Å². The fourth-order valence-corrected chi connectivity index (χ4v) is 6.38. The van der Waals surface area contributed by atoms with Crippen molar-refractivity contribution in [2.24, 2.45) is 0 Å². The van der Waals surface area contributed by atoms with Crippen LogP contribution in [0.1, 0.15) is 0 Å². The second kappa shape index (κ2) is 9.71. The first kappa shape index (κ1) is 24.5. The van der Waals surface area contributed by atoms with Gasteiger partial charge < -0.3 is 0 Å². The van der Waals surface area contributed by atoms with E-state index in [1.54, 1.807) is 12.4 Å². The molecule has 0 N–H and O–H groups in total. The molecule has 0 unspecified atom stereocenters. The van der Waals surface area contributed by atoms with Crippen molar-refractivity contribution >= 4 is 43.6 Å². The quantitative estimate of drug-likeness (QED) is 0.214. The van der Waals surface area contributed by atoms with E-state index in [1.165, 1.54) is 0 Å². The van der Waals surface area contributed by atoms with Gasteiger partial charge in [0.25, 0.3) is 0 Å². The highest BCUT2D eigenvalue weighted by molar-refractivity contribution is 6.10. The molecule has 0 aliphatic carbocycles. The van der Waals surface area contributed by atoms with Gasteiger partial charge in [-0.15, -0.1) is 0 Å². The van der Waals surface area contributed by atoms with E-state index >= 15 is 0 Å². The summed E-state index contributed by atoms with van der Waals surface area (Å²) in [6.07, 6.45) is 3.61. The van der Waals surface area contributed by atoms with Crippen molar-refractivity contribution in [1.82, 2.24) is 29.1 Å². The average Bonchev–Trinajstić information content (AvgIpc) is 3.62. The highest BCUT2D eigenvalue weighted by Crippen LogP contribution is 2.39. The first-order valence-electron chi connectivity index (χ1n) is 14.6. The van der Waals surface area contributed by atoms with E-state index < -0.39 is 0 Å². The van der Waals surface area contributed by atoms with Crippen molar-refractivity contribution in [3.8, 4) is 34.4 Å². The third-order valence-electron chi connectivity index (χ3n) is 8.26. The molecule has 0 spiro atoms. The molecule has 44 heavy (non-hydrogen) atoms. The number of aromatic nitrogens is 6. The molecule has 9 aromatic rings. The highest BCUT2D eigenvalue weighted by atomic mass is 15.2. The summed E-state index contributed by atoms with van der Waals surface area (Å²) < 4.78 is 4.42. The number of para-hydroxylation sites is 4. The Hall–Kier alpha value is -6.14. The van der Waals surface area contributed by atoms with Crippen LogP contribution in [0, 0.1) is 0 Å². The van der Waals surface area contributed by atoms with Gasteiger partial charge in [0.15, 0.2) is 11.6 Å². The van der Waals surface area contributed by atoms with E-state index in [1.807, 2.05) is 36.4 Å². The summed E-state index contributed by atoms with van der Waals surface area (Å²) in [6, 6.07) is 45.6. The molecule has 5 aromatic heterocycles. The van der Waals surface area contributed by atoms with Gasteiger partial charge in [-0.1, -0.05) is 84.9 Å². The fraction of sp³-hybridized carbons (Fsp3) is 0. The van der Waals surface area contributed by atoms with Crippen LogP contribution >= 0.6 is 0 Å². The lowest BCUT2D eigenvalue weighted by Gasteiger charge is -2.18. The number of pyridine rings is 2. The van der Waals surface area contributed by atoms with Gasteiger partial charge in [0.2, 0.25) is 0 Å². The van der Waals surface area contributed by atoms with E-state index in [9.17, 15) is 0 Å². The SMILES string of the molecule is c1ccc(-c2nc(-n3c4ccccc4c4ccccc43)c(-c3ccccn3)nc2-n2c3ccccc3c3ccccc32)nc1. The lowest BCUT2D eigenvalue weighted by atomic mass is 10.2. The Kier molecular flexibility index (Phi) is 5.40. The minimum absolute atomic E-state index is 0.689. The molecule has 0 saturated heterocycles. The van der Waals surface area contributed by atoms with Crippen molar-refractivity contribution in [1.29, 1.82) is 0 Å². The smallest absolute Gasteiger partial charge is 0.166 e. The molecule has 206 valence electrons. The van der Waals surface area contributed by atoms with Gasteiger partial charge in [-0.25, -0.2) is 9.97 Å². The molecular weight excluding hydrogens is 540 g/mol. The topological polar surface area (TPSA) is 61.4 Å². The molecule has 9 rings (SSSR count). The lowest BCUT2D eigenvalue weighted by Crippen LogP contribution is -2.10. The Morgan fingerprint density at radius 1 is 0.341 bits per heavy atom. The maximum atomic E-state index is 5.51. The summed E-state index contributed by atoms with van der Waals surface area (Å²) >= 11 is 0. The summed E-state index contributed by atoms with van der Waals surface area (Å²) in [5, 5.41) is 4.62. The number of benzene rings is 4. The maximum Gasteiger partial charge on any atom is 0.166 e. The van der Waals surface area contributed by atoms with Gasteiger partial charge in [-0.05, 0) is 48.5 Å². The maximum absolute atomic E-state index is 5.51. The summed E-state index contributed by atoms with van der Waals surface area (Å²) in [5.74, 6) is 1.40. The molecule has 0 amide bonds. The van der Waals surface area contributed by atoms with Crippen molar-refractivity contribution in [2.45, 2.75) is 0 Å². The minimum atomic E-state index is 0.689. The second-order valence-corrected chi connectivity index (χ2v) is 10.7. The van der Waals surface area contributed by atoms with E-state index in [4.69, 9.17) is 19.9 Å². The molecule has 4 aromatic carbocycles. The summed E-state index contributed by atoms with van der Waals surface area (Å²) in [5.41, 5.74) is 7.07. The zero-order valence-electron chi connectivity index (χ0n) is 23.5. The molecule has 0 atom stereocenters. The molecule has 0 bridgehead atoms. The number of hydrogen-bond donors (Lipinski definition) is 0. The molecule has 5 heterocycles. The van der Waals surface area contributed by atoms with Crippen LogP contribution in [0.25, 0.3) is 78.0 Å². The van der Waals surface area contributed by atoms with Gasteiger partial charge in [0, 0.05) is 33.9 Å². The molecule has 6 nitrogen and oxygen atoms in total. The Balaban J connectivity index is 1.48. The molecule has 0 fully saturated rings. The molecule has 6 heteroatoms. The predicted octanol–water partition coefficient (Wildman–Crippen LogP) is 8.79. The highest BCUT2D eigenvalue weighted by Gasteiger charge is 2.25. The van der Waals surface area contributed by atoms with Crippen LogP contribution in [0.2, 0.25) is 0 Å². The van der Waals surface area contributed by atoms with Crippen molar-refractivity contribution < 1.29 is 0 Å². The number of hydrogen-bond acceptors (Lipinski definition) is 4. The third-order valence-corrected chi connectivity index (χ3v) is 8.26. The van der Waals surface area contributed by atoms with Crippen LogP contribution in [0.15, 0.2) is 146 Å². The van der Waals surface area contributed by atoms with Crippen LogP contribution in [-0.2, 0) is 0 Å². The van der Waals surface area contributed by atoms with Gasteiger partial charge in [0.1, 0.15) is 11.4 Å². The number of fused-ring (bicyclic) bond motifs is 6. The van der Waals surface area contributed by atoms with Crippen LogP contribution in [0.3, 0.4) is 0 Å². The zero-order valence-corrected chi connectivity index (χ0v) is 23.5. The van der Waals surface area contributed by atoms with E-state index in [2.05, 4.69) is 106 Å². The predicted molar refractivity (Wildman–Crippen MR) is 177 cm³/mol. The van der Waals surface area contributed by atoms with Crippen LogP contribution < -0.4 is 0 Å². The monoisotopic (exact) mass is 564 g/mol. The van der Waals surface area contributed by atoms with Crippen LogP contribution in [-0.4, -0.2) is 29.1 Å². The van der Waals surface area contributed by atoms with Gasteiger partial charge >= 0.3 is 0 Å². The third kappa shape index (κ3) is 3.61. The Morgan fingerprint density at radius 3 is 0.977 bits per heavy atom. The van der Waals surface area contributed by atoms with Gasteiger partial charge in [-0.2, -0.15) is 0 Å². The van der Waals surface area contributed by atoms with E-state index in [-0.39, 0.29) is 0 Å². The summed E-state index contributed by atoms with van der Waals surface area (Å²) in [4.78, 5) is 20.6. The largest absolute Gasteiger partial charge is 0.292 e. The molecule has 0 aliphatic rings. The Bertz CT molecular complexity index is 2210. The first-order chi connectivity index (χ1) is 21.9. The molecular formula is C38H24N6. The van der Waals surface area contributed by atoms with Gasteiger partial charge in [0.05, 0.1) is 33.5 Å². The van der Waals surface area contributed by atoms with Crippen molar-refractivity contribution in [3.63, 3.8) is 0 Å². The average molecular weight is 565 g/mol. The van der Waals surface area contributed by atoms with Gasteiger partial charge in [-0.3, -0.25) is 19.1 Å².